The molecule has 24 heavy (non-hydrogen) atoms. The molecule has 1 rings (SSSR count). The SMILES string of the molecule is CS(=O)(=O)OCCN(CCBr)c1c[c-]c([N+](=O)[O-])cc1[N+](=O)[O-].[Y]. The first-order valence-corrected chi connectivity index (χ1v) is 9.09. The van der Waals surface area contributed by atoms with E-state index in [0.29, 0.717) is 11.9 Å². The maximum atomic E-state index is 11.1. The molecule has 0 N–H and O–H groups in total. The smallest absolute Gasteiger partial charge is 0.264 e. The van der Waals surface area contributed by atoms with E-state index in [0.717, 1.165) is 18.4 Å². The van der Waals surface area contributed by atoms with Gasteiger partial charge in [-0.05, 0) is 6.07 Å². The number of alkyl halides is 1. The zero-order valence-corrected chi connectivity index (χ0v) is 17.8. The molecule has 0 bridgehead atoms. The van der Waals surface area contributed by atoms with Crippen molar-refractivity contribution >= 4 is 43.1 Å². The van der Waals surface area contributed by atoms with Crippen LogP contribution < -0.4 is 4.90 Å². The molecule has 0 fully saturated rings. The van der Waals surface area contributed by atoms with Gasteiger partial charge in [-0.3, -0.25) is 24.4 Å². The summed E-state index contributed by atoms with van der Waals surface area (Å²) in [4.78, 5) is 21.8. The van der Waals surface area contributed by atoms with Crippen LogP contribution in [0, 0.1) is 26.3 Å². The van der Waals surface area contributed by atoms with Crippen LogP contribution in [0.4, 0.5) is 17.1 Å². The number of benzene rings is 1. The summed E-state index contributed by atoms with van der Waals surface area (Å²) < 4.78 is 26.5. The molecule has 0 atom stereocenters. The van der Waals surface area contributed by atoms with Gasteiger partial charge in [0.25, 0.3) is 10.1 Å². The predicted molar refractivity (Wildman–Crippen MR) is 85.4 cm³/mol. The molecule has 0 aliphatic carbocycles. The van der Waals surface area contributed by atoms with Crippen molar-refractivity contribution in [2.24, 2.45) is 0 Å². The quantitative estimate of drug-likeness (QED) is 0.164. The minimum absolute atomic E-state index is 0. The van der Waals surface area contributed by atoms with Crippen LogP contribution in [0.15, 0.2) is 12.1 Å². The Hall–Kier alpha value is -0.686. The van der Waals surface area contributed by atoms with E-state index in [9.17, 15) is 28.6 Å². The molecule has 0 unspecified atom stereocenters. The van der Waals surface area contributed by atoms with E-state index >= 15 is 0 Å². The number of rotatable bonds is 9. The first kappa shape index (κ1) is 23.3. The van der Waals surface area contributed by atoms with Crippen LogP contribution in [0.25, 0.3) is 0 Å². The average molecular weight is 500 g/mol. The van der Waals surface area contributed by atoms with Crippen molar-refractivity contribution in [1.82, 2.24) is 0 Å². The number of nitrogens with zero attached hydrogens (tertiary/aromatic N) is 3. The Morgan fingerprint density at radius 1 is 1.29 bits per heavy atom. The van der Waals surface area contributed by atoms with Gasteiger partial charge in [0.05, 0.1) is 12.9 Å². The standard InChI is InChI=1S/C11H13BrN3O7S.Y/c1-23(20,21)22-7-6-13(5-4-12)10-3-2-9(14(16)17)8-11(10)15(18)19;/h3,8H,4-7H2,1H3;/q-1;. The van der Waals surface area contributed by atoms with Crippen LogP contribution in [-0.2, 0) is 47.0 Å². The van der Waals surface area contributed by atoms with Crippen molar-refractivity contribution in [2.45, 2.75) is 0 Å². The maximum Gasteiger partial charge on any atom is 0.264 e. The molecule has 0 saturated heterocycles. The number of hydrogen-bond acceptors (Lipinski definition) is 8. The van der Waals surface area contributed by atoms with Crippen molar-refractivity contribution in [1.29, 1.82) is 0 Å². The molecule has 0 spiro atoms. The van der Waals surface area contributed by atoms with E-state index in [-0.39, 0.29) is 51.5 Å². The van der Waals surface area contributed by atoms with Crippen LogP contribution in [0.1, 0.15) is 0 Å². The number of non-ortho nitro benzene ring substituents is 1. The number of hydrogen-bond donors (Lipinski definition) is 0. The van der Waals surface area contributed by atoms with Crippen LogP contribution in [0.3, 0.4) is 0 Å². The van der Waals surface area contributed by atoms with Crippen LogP contribution in [-0.4, -0.2) is 49.5 Å². The monoisotopic (exact) mass is 499 g/mol. The second kappa shape index (κ2) is 10.3. The van der Waals surface area contributed by atoms with Gasteiger partial charge in [-0.1, -0.05) is 22.0 Å². The topological polar surface area (TPSA) is 133 Å². The summed E-state index contributed by atoms with van der Waals surface area (Å²) >= 11 is 3.19. The maximum absolute atomic E-state index is 11.1. The van der Waals surface area contributed by atoms with Gasteiger partial charge in [0.2, 0.25) is 0 Å². The predicted octanol–water partition coefficient (Wildman–Crippen LogP) is 1.48. The number of nitro groups is 2. The van der Waals surface area contributed by atoms with Crippen LogP contribution >= 0.6 is 15.9 Å². The molecule has 0 heterocycles. The molecule has 0 saturated carbocycles. The summed E-state index contributed by atoms with van der Waals surface area (Å²) in [6.45, 7) is 0.144. The van der Waals surface area contributed by atoms with Gasteiger partial charge < -0.3 is 4.90 Å². The van der Waals surface area contributed by atoms with Gasteiger partial charge in [-0.25, -0.2) is 0 Å². The zero-order chi connectivity index (χ0) is 17.6. The molecule has 0 aromatic heterocycles. The second-order valence-electron chi connectivity index (χ2n) is 4.31. The Kier molecular flexibility index (Phi) is 10.0. The fourth-order valence-corrected chi connectivity index (χ4v) is 2.53. The zero-order valence-electron chi connectivity index (χ0n) is 12.5. The van der Waals surface area contributed by atoms with E-state index in [1.165, 1.54) is 4.90 Å². The Bertz CT molecular complexity index is 701. The van der Waals surface area contributed by atoms with Crippen molar-refractivity contribution in [3.05, 3.63) is 38.4 Å². The molecular weight excluding hydrogens is 487 g/mol. The minimum Gasteiger partial charge on any atom is -0.415 e. The average Bonchev–Trinajstić information content (AvgIpc) is 2.44. The van der Waals surface area contributed by atoms with Gasteiger partial charge in [-0.2, -0.15) is 8.42 Å². The first-order valence-electron chi connectivity index (χ1n) is 6.15. The Morgan fingerprint density at radius 3 is 2.38 bits per heavy atom. The number of anilines is 1. The third kappa shape index (κ3) is 7.47. The summed E-state index contributed by atoms with van der Waals surface area (Å²) in [5, 5.41) is 22.3. The summed E-state index contributed by atoms with van der Waals surface area (Å²) in [5.74, 6) is 0. The molecular formula is C11H13BrN3O7SY-. The Morgan fingerprint density at radius 2 is 1.92 bits per heavy atom. The van der Waals surface area contributed by atoms with Gasteiger partial charge in [-0.15, -0.1) is 6.07 Å². The Labute approximate surface area is 172 Å². The molecule has 131 valence electrons. The molecule has 1 radical (unpaired) electrons. The summed E-state index contributed by atoms with van der Waals surface area (Å²) in [6.07, 6.45) is 0.893. The van der Waals surface area contributed by atoms with E-state index in [1.54, 1.807) is 0 Å². The van der Waals surface area contributed by atoms with Gasteiger partial charge in [0, 0.05) is 66.7 Å². The molecule has 0 aliphatic rings. The fraction of sp³-hybridized carbons (Fsp3) is 0.455. The van der Waals surface area contributed by atoms with Crippen molar-refractivity contribution in [3.8, 4) is 0 Å². The van der Waals surface area contributed by atoms with Crippen molar-refractivity contribution in [2.75, 3.05) is 36.2 Å². The minimum atomic E-state index is -3.63. The van der Waals surface area contributed by atoms with Crippen LogP contribution in [0.5, 0.6) is 0 Å². The van der Waals surface area contributed by atoms with Crippen molar-refractivity contribution in [3.63, 3.8) is 0 Å². The molecule has 0 amide bonds. The van der Waals surface area contributed by atoms with Gasteiger partial charge in [0.1, 0.15) is 0 Å². The largest absolute Gasteiger partial charge is 0.415 e. The van der Waals surface area contributed by atoms with E-state index in [4.69, 9.17) is 0 Å². The third-order valence-electron chi connectivity index (χ3n) is 2.64. The van der Waals surface area contributed by atoms with Gasteiger partial charge in [0.15, 0.2) is 11.4 Å². The van der Waals surface area contributed by atoms with E-state index < -0.39 is 31.3 Å². The van der Waals surface area contributed by atoms with E-state index in [1.807, 2.05) is 0 Å². The molecule has 0 aliphatic heterocycles. The van der Waals surface area contributed by atoms with E-state index in [2.05, 4.69) is 26.2 Å². The van der Waals surface area contributed by atoms with Gasteiger partial charge >= 0.3 is 0 Å². The summed E-state index contributed by atoms with van der Waals surface area (Å²) in [6, 6.07) is 4.31. The number of halogens is 1. The Balaban J connectivity index is 0.00000529. The molecule has 1 aromatic rings. The van der Waals surface area contributed by atoms with Crippen molar-refractivity contribution < 1.29 is 55.2 Å². The fourth-order valence-electron chi connectivity index (χ4n) is 1.72. The van der Waals surface area contributed by atoms with Crippen LogP contribution in [0.2, 0.25) is 0 Å². The molecule has 10 nitrogen and oxygen atoms in total. The molecule has 13 heteroatoms. The molecule has 1 aromatic carbocycles. The first-order chi connectivity index (χ1) is 10.7. The summed E-state index contributed by atoms with van der Waals surface area (Å²) in [5.41, 5.74) is -0.889. The summed E-state index contributed by atoms with van der Waals surface area (Å²) in [7, 11) is -3.63. The second-order valence-corrected chi connectivity index (χ2v) is 6.74. The third-order valence-corrected chi connectivity index (χ3v) is 3.59. The number of nitro benzene ring substituents is 2. The normalized spacial score (nSPS) is 10.8.